The zero-order valence-corrected chi connectivity index (χ0v) is 35.2. The highest BCUT2D eigenvalue weighted by Gasteiger charge is 2.62. The van der Waals surface area contributed by atoms with E-state index < -0.39 is 55.7 Å². The van der Waals surface area contributed by atoms with Crippen LogP contribution in [0.5, 0.6) is 6.01 Å². The van der Waals surface area contributed by atoms with E-state index in [2.05, 4.69) is 14.7 Å². The molecule has 2 amide bonds. The number of para-hydroxylation sites is 1. The van der Waals surface area contributed by atoms with E-state index >= 15 is 0 Å². The SMILES string of the molecule is CC(C)n1c(O[C@@H]2C[C@H]3C(=O)C[C@]4(C(=O)NS(=O)(=O)C5(C)CC5)C[C@H]4/C=C\CCCCC[C@H](CC(=O)OC(C)(C)C)C(=O)N3C2)nc2c(-c3cnccn3)cccc21. The average molecular weight is 817 g/mol. The van der Waals surface area contributed by atoms with Gasteiger partial charge in [-0.2, -0.15) is 4.98 Å². The van der Waals surface area contributed by atoms with Crippen LogP contribution in [0.4, 0.5) is 0 Å². The van der Waals surface area contributed by atoms with Gasteiger partial charge in [-0.25, -0.2) is 8.42 Å². The lowest BCUT2D eigenvalue weighted by molar-refractivity contribution is -0.159. The molecule has 58 heavy (non-hydrogen) atoms. The van der Waals surface area contributed by atoms with Crippen LogP contribution in [0, 0.1) is 17.3 Å². The minimum Gasteiger partial charge on any atom is -0.460 e. The zero-order chi connectivity index (χ0) is 41.6. The first kappa shape index (κ1) is 41.5. The molecule has 1 aromatic carbocycles. The Labute approximate surface area is 340 Å². The van der Waals surface area contributed by atoms with E-state index in [9.17, 15) is 27.6 Å². The van der Waals surface area contributed by atoms with Crippen LogP contribution in [0.1, 0.15) is 118 Å². The van der Waals surface area contributed by atoms with E-state index in [0.29, 0.717) is 49.3 Å². The van der Waals surface area contributed by atoms with Crippen LogP contribution in [0.25, 0.3) is 22.3 Å². The standard InChI is InChI=1S/C43H56N6O8S/c1-27(2)49-33-16-12-15-31(32-25-44-19-20-45-32)37(33)46-40(49)56-30-22-34-35(50)24-43(39(53)47-58(54,55)42(6)17-18-42)23-29(43)14-11-9-7-8-10-13-28(38(52)48(34)26-30)21-36(51)57-41(3,4)5/h11-12,14-16,19-20,25,27-30,34H,7-10,13,17-18,21-24,26H2,1-6H3,(H,47,53)/b14-11-/t28-,29-,30-,34+,43-/m1/s1. The summed E-state index contributed by atoms with van der Waals surface area (Å²) in [5.41, 5.74) is 0.904. The van der Waals surface area contributed by atoms with Crippen molar-refractivity contribution in [1.29, 1.82) is 0 Å². The molecule has 1 saturated heterocycles. The largest absolute Gasteiger partial charge is 0.460 e. The quantitative estimate of drug-likeness (QED) is 0.190. The number of nitrogens with zero attached hydrogens (tertiary/aromatic N) is 5. The third-order valence-corrected chi connectivity index (χ3v) is 14.3. The lowest BCUT2D eigenvalue weighted by Crippen LogP contribution is -2.47. The van der Waals surface area contributed by atoms with E-state index in [1.807, 2.05) is 48.8 Å². The minimum atomic E-state index is -3.95. The maximum atomic E-state index is 14.7. The number of hydrogen-bond donors (Lipinski definition) is 1. The molecule has 4 aliphatic rings. The maximum Gasteiger partial charge on any atom is 0.307 e. The van der Waals surface area contributed by atoms with Crippen molar-refractivity contribution in [2.24, 2.45) is 17.3 Å². The molecule has 312 valence electrons. The molecule has 3 aromatic rings. The van der Waals surface area contributed by atoms with Crippen molar-refractivity contribution in [1.82, 2.24) is 29.1 Å². The average Bonchev–Trinajstić information content (AvgIpc) is 3.97. The third kappa shape index (κ3) is 8.55. The molecule has 2 aliphatic heterocycles. The maximum absolute atomic E-state index is 14.7. The molecule has 4 heterocycles. The number of rotatable bonds is 9. The fourth-order valence-electron chi connectivity index (χ4n) is 8.48. The Kier molecular flexibility index (Phi) is 11.3. The summed E-state index contributed by atoms with van der Waals surface area (Å²) in [4.78, 5) is 71.9. The Bertz CT molecular complexity index is 2210. The van der Waals surface area contributed by atoms with Gasteiger partial charge in [0.25, 0.3) is 6.01 Å². The number of ether oxygens (including phenoxy) is 2. The molecule has 2 aliphatic carbocycles. The van der Waals surface area contributed by atoms with Crippen LogP contribution >= 0.6 is 0 Å². The molecule has 5 atom stereocenters. The molecule has 0 radical (unpaired) electrons. The fraction of sp³-hybridized carbons (Fsp3) is 0.605. The number of imidazole rings is 1. The molecule has 0 bridgehead atoms. The number of carbonyl (C=O) groups excluding carboxylic acids is 4. The molecule has 14 nitrogen and oxygen atoms in total. The van der Waals surface area contributed by atoms with Crippen molar-refractivity contribution < 1.29 is 37.1 Å². The Balaban J connectivity index is 1.22. The van der Waals surface area contributed by atoms with E-state index in [0.717, 1.165) is 30.3 Å². The normalized spacial score (nSPS) is 26.9. The molecular weight excluding hydrogens is 761 g/mol. The van der Waals surface area contributed by atoms with Crippen LogP contribution in [0.3, 0.4) is 0 Å². The smallest absolute Gasteiger partial charge is 0.307 e. The molecule has 2 saturated carbocycles. The lowest BCUT2D eigenvalue weighted by Gasteiger charge is -2.29. The Morgan fingerprint density at radius 2 is 1.86 bits per heavy atom. The number of hydrogen-bond acceptors (Lipinski definition) is 11. The second-order valence-corrected chi connectivity index (χ2v) is 20.3. The number of Topliss-reactive ketones (excluding diaryl/α,β-unsaturated/α-hetero) is 1. The van der Waals surface area contributed by atoms with Crippen LogP contribution < -0.4 is 9.46 Å². The molecule has 2 aromatic heterocycles. The van der Waals surface area contributed by atoms with Crippen molar-refractivity contribution in [3.63, 3.8) is 0 Å². The van der Waals surface area contributed by atoms with Gasteiger partial charge < -0.3 is 14.4 Å². The molecular formula is C43H56N6O8S. The second-order valence-electron chi connectivity index (χ2n) is 18.2. The van der Waals surface area contributed by atoms with Gasteiger partial charge in [-0.15, -0.1) is 0 Å². The van der Waals surface area contributed by atoms with Gasteiger partial charge >= 0.3 is 5.97 Å². The van der Waals surface area contributed by atoms with E-state index in [4.69, 9.17) is 14.5 Å². The number of amides is 2. The monoisotopic (exact) mass is 816 g/mol. The van der Waals surface area contributed by atoms with E-state index in [1.165, 1.54) is 4.90 Å². The summed E-state index contributed by atoms with van der Waals surface area (Å²) in [7, 11) is -3.95. The third-order valence-electron chi connectivity index (χ3n) is 12.1. The first-order valence-corrected chi connectivity index (χ1v) is 22.1. The summed E-state index contributed by atoms with van der Waals surface area (Å²) in [6.45, 7) is 11.0. The summed E-state index contributed by atoms with van der Waals surface area (Å²) >= 11 is 0. The first-order valence-electron chi connectivity index (χ1n) is 20.6. The summed E-state index contributed by atoms with van der Waals surface area (Å²) < 4.78 is 42.2. The van der Waals surface area contributed by atoms with Gasteiger partial charge in [0, 0.05) is 42.8 Å². The summed E-state index contributed by atoms with van der Waals surface area (Å²) in [5.74, 6) is -2.93. The van der Waals surface area contributed by atoms with Crippen molar-refractivity contribution >= 4 is 44.6 Å². The molecule has 0 spiro atoms. The van der Waals surface area contributed by atoms with Gasteiger partial charge in [0.05, 0.1) is 46.6 Å². The van der Waals surface area contributed by atoms with Crippen molar-refractivity contribution in [3.05, 3.63) is 48.9 Å². The molecule has 7 rings (SSSR count). The Morgan fingerprint density at radius 3 is 2.55 bits per heavy atom. The number of benzene rings is 1. The number of aromatic nitrogens is 4. The molecule has 3 fully saturated rings. The molecule has 15 heteroatoms. The fourth-order valence-corrected chi connectivity index (χ4v) is 9.81. The van der Waals surface area contributed by atoms with E-state index in [-0.39, 0.29) is 49.5 Å². The first-order chi connectivity index (χ1) is 27.4. The van der Waals surface area contributed by atoms with Gasteiger partial charge in [0.1, 0.15) is 17.2 Å². The van der Waals surface area contributed by atoms with E-state index in [1.54, 1.807) is 46.3 Å². The summed E-state index contributed by atoms with van der Waals surface area (Å²) in [6, 6.07) is 5.07. The molecule has 1 N–H and O–H groups in total. The number of sulfonamides is 1. The second kappa shape index (κ2) is 15.8. The summed E-state index contributed by atoms with van der Waals surface area (Å²) in [6.07, 6.45) is 12.7. The number of nitrogens with one attached hydrogen (secondary N) is 1. The highest BCUT2D eigenvalue weighted by Crippen LogP contribution is 2.57. The predicted octanol–water partition coefficient (Wildman–Crippen LogP) is 6.25. The van der Waals surface area contributed by atoms with Gasteiger partial charge in [0.15, 0.2) is 5.78 Å². The van der Waals surface area contributed by atoms with Gasteiger partial charge in [0.2, 0.25) is 21.8 Å². The van der Waals surface area contributed by atoms with Crippen LogP contribution in [0.2, 0.25) is 0 Å². The number of allylic oxidation sites excluding steroid dienone is 2. The Morgan fingerprint density at radius 1 is 1.09 bits per heavy atom. The van der Waals surface area contributed by atoms with Crippen LogP contribution in [0.15, 0.2) is 48.9 Å². The number of esters is 1. The number of carbonyl (C=O) groups is 4. The van der Waals surface area contributed by atoms with Gasteiger partial charge in [-0.05, 0) is 92.1 Å². The number of fused-ring (bicyclic) bond motifs is 3. The lowest BCUT2D eigenvalue weighted by atomic mass is 9.90. The summed E-state index contributed by atoms with van der Waals surface area (Å²) in [5, 5.41) is 0. The number of ketones is 1. The van der Waals surface area contributed by atoms with Crippen LogP contribution in [-0.4, -0.2) is 85.4 Å². The van der Waals surface area contributed by atoms with Crippen molar-refractivity contribution in [3.8, 4) is 17.3 Å². The van der Waals surface area contributed by atoms with Crippen molar-refractivity contribution in [2.75, 3.05) is 6.54 Å². The zero-order valence-electron chi connectivity index (χ0n) is 34.4. The van der Waals surface area contributed by atoms with Crippen LogP contribution in [-0.2, 0) is 33.9 Å². The van der Waals surface area contributed by atoms with Gasteiger partial charge in [-0.1, -0.05) is 37.1 Å². The highest BCUT2D eigenvalue weighted by molar-refractivity contribution is 7.91. The topological polar surface area (TPSA) is 180 Å². The molecule has 0 unspecified atom stereocenters. The Hall–Kier alpha value is -4.66. The predicted molar refractivity (Wildman–Crippen MR) is 217 cm³/mol. The van der Waals surface area contributed by atoms with Gasteiger partial charge in [-0.3, -0.25) is 38.4 Å². The highest BCUT2D eigenvalue weighted by atomic mass is 32.2. The van der Waals surface area contributed by atoms with Crippen molar-refractivity contribution in [2.45, 2.75) is 141 Å². The minimum absolute atomic E-state index is 0.0492.